The molecule has 0 atom stereocenters. The second-order valence-corrected chi connectivity index (χ2v) is 4.21. The van der Waals surface area contributed by atoms with E-state index in [1.165, 1.54) is 0 Å². The predicted octanol–water partition coefficient (Wildman–Crippen LogP) is 3.46. The quantitative estimate of drug-likeness (QED) is 0.768. The first kappa shape index (κ1) is 11.9. The molecule has 0 bridgehead atoms. The second-order valence-electron chi connectivity index (χ2n) is 3.94. The van der Waals surface area contributed by atoms with Crippen LogP contribution in [0.1, 0.15) is 11.3 Å². The van der Waals surface area contributed by atoms with Gasteiger partial charge in [-0.2, -0.15) is 0 Å². The Hall–Kier alpha value is -1.54. The Morgan fingerprint density at radius 1 is 1.12 bits per heavy atom. The van der Waals surface area contributed by atoms with Crippen LogP contribution in [0.4, 0.5) is 5.69 Å². The van der Waals surface area contributed by atoms with Gasteiger partial charge in [-0.25, -0.2) is 0 Å². The first-order valence-electron chi connectivity index (χ1n) is 5.56. The number of pyridine rings is 1. The van der Waals surface area contributed by atoms with Gasteiger partial charge in [0, 0.05) is 24.8 Å². The summed E-state index contributed by atoms with van der Waals surface area (Å²) in [6, 6.07) is 14.1. The molecule has 1 aromatic heterocycles. The van der Waals surface area contributed by atoms with Crippen LogP contribution in [0, 0.1) is 0 Å². The van der Waals surface area contributed by atoms with Gasteiger partial charge in [0.25, 0.3) is 0 Å². The van der Waals surface area contributed by atoms with E-state index in [1.54, 1.807) is 0 Å². The van der Waals surface area contributed by atoms with Crippen molar-refractivity contribution in [3.05, 3.63) is 59.9 Å². The highest BCUT2D eigenvalue weighted by molar-refractivity contribution is 6.17. The molecule has 0 amide bonds. The zero-order valence-corrected chi connectivity index (χ0v) is 10.6. The standard InChI is InChI=1S/C14H15ClN2/c1-17(11-13-7-4-5-9-16-13)14-8-3-2-6-12(14)10-15/h2-9H,10-11H2,1H3. The Kier molecular flexibility index (Phi) is 3.99. The van der Waals surface area contributed by atoms with Crippen LogP contribution in [-0.4, -0.2) is 12.0 Å². The fourth-order valence-corrected chi connectivity index (χ4v) is 2.04. The highest BCUT2D eigenvalue weighted by atomic mass is 35.5. The van der Waals surface area contributed by atoms with Gasteiger partial charge in [0.05, 0.1) is 12.2 Å². The van der Waals surface area contributed by atoms with Crippen LogP contribution in [0.15, 0.2) is 48.7 Å². The van der Waals surface area contributed by atoms with E-state index in [9.17, 15) is 0 Å². The molecule has 2 rings (SSSR count). The van der Waals surface area contributed by atoms with E-state index in [0.29, 0.717) is 5.88 Å². The second kappa shape index (κ2) is 5.69. The van der Waals surface area contributed by atoms with E-state index in [-0.39, 0.29) is 0 Å². The average Bonchev–Trinajstić information content (AvgIpc) is 2.40. The van der Waals surface area contributed by atoms with Crippen molar-refractivity contribution in [2.24, 2.45) is 0 Å². The van der Waals surface area contributed by atoms with Gasteiger partial charge in [0.15, 0.2) is 0 Å². The molecular weight excluding hydrogens is 232 g/mol. The number of aromatic nitrogens is 1. The molecule has 0 radical (unpaired) electrons. The minimum Gasteiger partial charge on any atom is -0.368 e. The largest absolute Gasteiger partial charge is 0.368 e. The van der Waals surface area contributed by atoms with Crippen molar-refractivity contribution in [3.8, 4) is 0 Å². The van der Waals surface area contributed by atoms with Gasteiger partial charge in [0.1, 0.15) is 0 Å². The Morgan fingerprint density at radius 3 is 2.59 bits per heavy atom. The van der Waals surface area contributed by atoms with Crippen LogP contribution in [-0.2, 0) is 12.4 Å². The van der Waals surface area contributed by atoms with E-state index in [4.69, 9.17) is 11.6 Å². The van der Waals surface area contributed by atoms with Crippen LogP contribution in [0.25, 0.3) is 0 Å². The molecule has 0 spiro atoms. The fourth-order valence-electron chi connectivity index (χ4n) is 1.82. The number of halogens is 1. The lowest BCUT2D eigenvalue weighted by atomic mass is 10.2. The monoisotopic (exact) mass is 246 g/mol. The lowest BCUT2D eigenvalue weighted by Crippen LogP contribution is -2.18. The van der Waals surface area contributed by atoms with Gasteiger partial charge in [-0.1, -0.05) is 24.3 Å². The van der Waals surface area contributed by atoms with Gasteiger partial charge >= 0.3 is 0 Å². The number of hydrogen-bond acceptors (Lipinski definition) is 2. The van der Waals surface area contributed by atoms with Crippen molar-refractivity contribution in [2.45, 2.75) is 12.4 Å². The van der Waals surface area contributed by atoms with E-state index in [1.807, 2.05) is 36.5 Å². The summed E-state index contributed by atoms with van der Waals surface area (Å²) in [6.07, 6.45) is 1.82. The Bertz CT molecular complexity index is 471. The summed E-state index contributed by atoms with van der Waals surface area (Å²) in [5.74, 6) is 0.530. The Labute approximate surface area is 107 Å². The third-order valence-electron chi connectivity index (χ3n) is 2.67. The molecule has 88 valence electrons. The zero-order valence-electron chi connectivity index (χ0n) is 9.81. The van der Waals surface area contributed by atoms with E-state index in [0.717, 1.165) is 23.5 Å². The van der Waals surface area contributed by atoms with Crippen LogP contribution < -0.4 is 4.90 Å². The highest BCUT2D eigenvalue weighted by Gasteiger charge is 2.06. The van der Waals surface area contributed by atoms with Gasteiger partial charge in [0.2, 0.25) is 0 Å². The van der Waals surface area contributed by atoms with Gasteiger partial charge in [-0.3, -0.25) is 4.98 Å². The maximum atomic E-state index is 5.94. The van der Waals surface area contributed by atoms with Crippen LogP contribution in [0.3, 0.4) is 0 Å². The third-order valence-corrected chi connectivity index (χ3v) is 2.96. The van der Waals surface area contributed by atoms with Crippen molar-refractivity contribution in [1.29, 1.82) is 0 Å². The molecule has 0 aliphatic heterocycles. The topological polar surface area (TPSA) is 16.1 Å². The number of anilines is 1. The lowest BCUT2D eigenvalue weighted by Gasteiger charge is -2.21. The third kappa shape index (κ3) is 2.98. The zero-order chi connectivity index (χ0) is 12.1. The van der Waals surface area contributed by atoms with Crippen molar-refractivity contribution < 1.29 is 0 Å². The molecule has 2 aromatic rings. The molecule has 0 fully saturated rings. The predicted molar refractivity (Wildman–Crippen MR) is 72.3 cm³/mol. The number of para-hydroxylation sites is 1. The van der Waals surface area contributed by atoms with Crippen molar-refractivity contribution in [3.63, 3.8) is 0 Å². The average molecular weight is 247 g/mol. The smallest absolute Gasteiger partial charge is 0.0598 e. The molecule has 0 saturated carbocycles. The van der Waals surface area contributed by atoms with Gasteiger partial charge < -0.3 is 4.90 Å². The van der Waals surface area contributed by atoms with Crippen molar-refractivity contribution in [2.75, 3.05) is 11.9 Å². The molecule has 0 saturated heterocycles. The lowest BCUT2D eigenvalue weighted by molar-refractivity contribution is 0.880. The molecule has 0 unspecified atom stereocenters. The summed E-state index contributed by atoms with van der Waals surface area (Å²) >= 11 is 5.94. The summed E-state index contributed by atoms with van der Waals surface area (Å²) in [5, 5.41) is 0. The van der Waals surface area contributed by atoms with Gasteiger partial charge in [-0.05, 0) is 23.8 Å². The molecule has 1 heterocycles. The number of benzene rings is 1. The van der Waals surface area contributed by atoms with Crippen LogP contribution >= 0.6 is 11.6 Å². The maximum Gasteiger partial charge on any atom is 0.0598 e. The number of rotatable bonds is 4. The van der Waals surface area contributed by atoms with Crippen molar-refractivity contribution in [1.82, 2.24) is 4.98 Å². The molecule has 0 N–H and O–H groups in total. The van der Waals surface area contributed by atoms with E-state index >= 15 is 0 Å². The summed E-state index contributed by atoms with van der Waals surface area (Å²) in [4.78, 5) is 6.49. The molecule has 1 aromatic carbocycles. The highest BCUT2D eigenvalue weighted by Crippen LogP contribution is 2.21. The van der Waals surface area contributed by atoms with Crippen LogP contribution in [0.5, 0.6) is 0 Å². The molecule has 3 heteroatoms. The maximum absolute atomic E-state index is 5.94. The number of hydrogen-bond donors (Lipinski definition) is 0. The summed E-state index contributed by atoms with van der Waals surface area (Å²) < 4.78 is 0. The van der Waals surface area contributed by atoms with Crippen molar-refractivity contribution >= 4 is 17.3 Å². The summed E-state index contributed by atoms with van der Waals surface area (Å²) in [5.41, 5.74) is 3.36. The van der Waals surface area contributed by atoms with Crippen LogP contribution in [0.2, 0.25) is 0 Å². The fraction of sp³-hybridized carbons (Fsp3) is 0.214. The Morgan fingerprint density at radius 2 is 1.88 bits per heavy atom. The van der Waals surface area contributed by atoms with Gasteiger partial charge in [-0.15, -0.1) is 11.6 Å². The Balaban J connectivity index is 2.17. The first-order chi connectivity index (χ1) is 8.31. The summed E-state index contributed by atoms with van der Waals surface area (Å²) in [6.45, 7) is 0.786. The summed E-state index contributed by atoms with van der Waals surface area (Å²) in [7, 11) is 2.06. The molecule has 0 aliphatic rings. The molecule has 0 aliphatic carbocycles. The molecular formula is C14H15ClN2. The number of alkyl halides is 1. The molecule has 17 heavy (non-hydrogen) atoms. The normalized spacial score (nSPS) is 10.2. The minimum atomic E-state index is 0.530. The molecule has 2 nitrogen and oxygen atoms in total. The SMILES string of the molecule is CN(Cc1ccccn1)c1ccccc1CCl. The van der Waals surface area contributed by atoms with E-state index < -0.39 is 0 Å². The number of nitrogens with zero attached hydrogens (tertiary/aromatic N) is 2. The van der Waals surface area contributed by atoms with E-state index in [2.05, 4.69) is 29.1 Å². The first-order valence-corrected chi connectivity index (χ1v) is 6.09. The minimum absolute atomic E-state index is 0.530.